The molecule has 0 heterocycles. The van der Waals surface area contributed by atoms with E-state index >= 15 is 0 Å². The van der Waals surface area contributed by atoms with Crippen molar-refractivity contribution in [1.82, 2.24) is 5.32 Å². The highest BCUT2D eigenvalue weighted by Gasteiger charge is 2.27. The highest BCUT2D eigenvalue weighted by atomic mass is 79.9. The lowest BCUT2D eigenvalue weighted by Crippen LogP contribution is -2.41. The van der Waals surface area contributed by atoms with E-state index in [-0.39, 0.29) is 23.3 Å². The number of halogens is 1. The van der Waals surface area contributed by atoms with Crippen LogP contribution < -0.4 is 14.4 Å². The van der Waals surface area contributed by atoms with Crippen LogP contribution in [-0.4, -0.2) is 34.0 Å². The lowest BCUT2D eigenvalue weighted by Gasteiger charge is -2.25. The zero-order chi connectivity index (χ0) is 23.8. The fourth-order valence-corrected chi connectivity index (χ4v) is 4.96. The van der Waals surface area contributed by atoms with Gasteiger partial charge in [-0.25, -0.2) is 8.42 Å². The number of amides is 1. The zero-order valence-corrected chi connectivity index (χ0v) is 21.0. The van der Waals surface area contributed by atoms with Crippen LogP contribution in [0.25, 0.3) is 0 Å². The van der Waals surface area contributed by atoms with Gasteiger partial charge in [-0.1, -0.05) is 53.2 Å². The van der Waals surface area contributed by atoms with Crippen molar-refractivity contribution in [3.8, 4) is 5.75 Å². The number of nitrogens with one attached hydrogen (secondary N) is 1. The van der Waals surface area contributed by atoms with Gasteiger partial charge in [0.05, 0.1) is 17.2 Å². The average Bonchev–Trinajstić information content (AvgIpc) is 2.82. The minimum Gasteiger partial charge on any atom is -0.494 e. The van der Waals surface area contributed by atoms with Gasteiger partial charge in [0.1, 0.15) is 12.3 Å². The van der Waals surface area contributed by atoms with E-state index in [2.05, 4.69) is 21.2 Å². The molecule has 1 atom stereocenters. The smallest absolute Gasteiger partial charge is 0.264 e. The molecule has 0 aromatic heterocycles. The van der Waals surface area contributed by atoms with Crippen molar-refractivity contribution < 1.29 is 17.9 Å². The lowest BCUT2D eigenvalue weighted by atomic mass is 10.0. The molecule has 1 amide bonds. The van der Waals surface area contributed by atoms with Crippen LogP contribution in [0.1, 0.15) is 25.3 Å². The summed E-state index contributed by atoms with van der Waals surface area (Å²) in [6.07, 6.45) is 0. The molecule has 33 heavy (non-hydrogen) atoms. The Hall–Kier alpha value is -2.84. The van der Waals surface area contributed by atoms with Gasteiger partial charge < -0.3 is 10.1 Å². The van der Waals surface area contributed by atoms with E-state index in [1.165, 1.54) is 12.1 Å². The highest BCUT2D eigenvalue weighted by molar-refractivity contribution is 9.10. The first-order valence-corrected chi connectivity index (χ1v) is 12.9. The summed E-state index contributed by atoms with van der Waals surface area (Å²) >= 11 is 3.32. The summed E-state index contributed by atoms with van der Waals surface area (Å²) in [6.45, 7) is 4.45. The molecule has 8 heteroatoms. The number of benzene rings is 3. The number of hydrogen-bond acceptors (Lipinski definition) is 4. The van der Waals surface area contributed by atoms with Gasteiger partial charge in [-0.15, -0.1) is 0 Å². The Morgan fingerprint density at radius 3 is 2.24 bits per heavy atom. The molecule has 174 valence electrons. The highest BCUT2D eigenvalue weighted by Crippen LogP contribution is 2.26. The zero-order valence-electron chi connectivity index (χ0n) is 18.6. The van der Waals surface area contributed by atoms with Crippen molar-refractivity contribution in [3.63, 3.8) is 0 Å². The van der Waals surface area contributed by atoms with Crippen LogP contribution in [0.4, 0.5) is 5.69 Å². The number of anilines is 1. The number of hydrogen-bond donors (Lipinski definition) is 1. The molecule has 0 aliphatic heterocycles. The molecular weight excluding hydrogens is 504 g/mol. The van der Waals surface area contributed by atoms with Crippen LogP contribution >= 0.6 is 15.9 Å². The standard InChI is InChI=1S/C25H27BrN2O4S/c1-3-32-23-13-11-22(12-14-23)28(33(30,31)24-15-9-21(26)10-16-24)18-25(29)27-17-19(2)20-7-5-4-6-8-20/h4-16,19H,3,17-18H2,1-2H3,(H,27,29)/t19-/m1/s1. The maximum absolute atomic E-state index is 13.4. The summed E-state index contributed by atoms with van der Waals surface area (Å²) in [6, 6.07) is 22.8. The minimum absolute atomic E-state index is 0.0946. The van der Waals surface area contributed by atoms with Gasteiger partial charge in [0.25, 0.3) is 10.0 Å². The predicted molar refractivity (Wildman–Crippen MR) is 134 cm³/mol. The maximum Gasteiger partial charge on any atom is 0.264 e. The fraction of sp³-hybridized carbons (Fsp3) is 0.240. The van der Waals surface area contributed by atoms with Crippen molar-refractivity contribution >= 4 is 37.5 Å². The van der Waals surface area contributed by atoms with Crippen LogP contribution in [0.5, 0.6) is 5.75 Å². The third kappa shape index (κ3) is 6.58. The van der Waals surface area contributed by atoms with Gasteiger partial charge in [-0.3, -0.25) is 9.10 Å². The lowest BCUT2D eigenvalue weighted by molar-refractivity contribution is -0.119. The van der Waals surface area contributed by atoms with Crippen molar-refractivity contribution in [3.05, 3.63) is 88.9 Å². The summed E-state index contributed by atoms with van der Waals surface area (Å²) in [4.78, 5) is 12.9. The molecule has 0 saturated carbocycles. The molecule has 3 aromatic rings. The fourth-order valence-electron chi connectivity index (χ4n) is 3.28. The Morgan fingerprint density at radius 2 is 1.64 bits per heavy atom. The largest absolute Gasteiger partial charge is 0.494 e. The quantitative estimate of drug-likeness (QED) is 0.401. The van der Waals surface area contributed by atoms with Gasteiger partial charge >= 0.3 is 0 Å². The van der Waals surface area contributed by atoms with Gasteiger partial charge in [-0.05, 0) is 66.9 Å². The van der Waals surface area contributed by atoms with Crippen molar-refractivity contribution in [2.75, 3.05) is 24.0 Å². The third-order valence-corrected chi connectivity index (χ3v) is 7.42. The molecule has 0 spiro atoms. The number of ether oxygens (including phenoxy) is 1. The molecule has 0 unspecified atom stereocenters. The Bertz CT molecular complexity index is 1150. The minimum atomic E-state index is -3.97. The van der Waals surface area contributed by atoms with Gasteiger partial charge in [0, 0.05) is 11.0 Å². The first kappa shape index (κ1) is 24.8. The molecule has 0 aliphatic rings. The first-order valence-electron chi connectivity index (χ1n) is 10.6. The monoisotopic (exact) mass is 530 g/mol. The topological polar surface area (TPSA) is 75.7 Å². The van der Waals surface area contributed by atoms with E-state index < -0.39 is 10.0 Å². The molecule has 1 N–H and O–H groups in total. The van der Waals surface area contributed by atoms with Crippen LogP contribution in [0.3, 0.4) is 0 Å². The summed E-state index contributed by atoms with van der Waals surface area (Å²) in [5.41, 5.74) is 1.48. The maximum atomic E-state index is 13.4. The van der Waals surface area contributed by atoms with E-state index in [9.17, 15) is 13.2 Å². The second kappa shape index (κ2) is 11.3. The van der Waals surface area contributed by atoms with Gasteiger partial charge in [0.15, 0.2) is 0 Å². The number of rotatable bonds is 10. The second-order valence-electron chi connectivity index (χ2n) is 7.51. The van der Waals surface area contributed by atoms with Crippen molar-refractivity contribution in [2.24, 2.45) is 0 Å². The molecule has 3 rings (SSSR count). The number of carbonyl (C=O) groups is 1. The Morgan fingerprint density at radius 1 is 1.00 bits per heavy atom. The van der Waals surface area contributed by atoms with Gasteiger partial charge in [-0.2, -0.15) is 0 Å². The molecule has 6 nitrogen and oxygen atoms in total. The van der Waals surface area contributed by atoms with E-state index in [0.717, 1.165) is 14.3 Å². The van der Waals surface area contributed by atoms with Crippen molar-refractivity contribution in [1.29, 1.82) is 0 Å². The first-order chi connectivity index (χ1) is 15.8. The number of sulfonamides is 1. The molecule has 0 radical (unpaired) electrons. The van der Waals surface area contributed by atoms with E-state index in [0.29, 0.717) is 24.6 Å². The molecule has 0 aliphatic carbocycles. The van der Waals surface area contributed by atoms with E-state index in [4.69, 9.17) is 4.74 Å². The normalized spacial score (nSPS) is 12.1. The SMILES string of the molecule is CCOc1ccc(N(CC(=O)NC[C@@H](C)c2ccccc2)S(=O)(=O)c2ccc(Br)cc2)cc1. The van der Waals surface area contributed by atoms with Crippen LogP contribution in [0, 0.1) is 0 Å². The van der Waals surface area contributed by atoms with Crippen LogP contribution in [0.15, 0.2) is 88.2 Å². The van der Waals surface area contributed by atoms with Crippen molar-refractivity contribution in [2.45, 2.75) is 24.7 Å². The van der Waals surface area contributed by atoms with Gasteiger partial charge in [0.2, 0.25) is 5.91 Å². The van der Waals surface area contributed by atoms with Crippen LogP contribution in [0.2, 0.25) is 0 Å². The number of carbonyl (C=O) groups excluding carboxylic acids is 1. The molecule has 0 saturated heterocycles. The molecular formula is C25H27BrN2O4S. The Kier molecular flexibility index (Phi) is 8.52. The third-order valence-electron chi connectivity index (χ3n) is 5.10. The Balaban J connectivity index is 1.82. The Labute approximate surface area is 203 Å². The molecule has 0 fully saturated rings. The van der Waals surface area contributed by atoms with E-state index in [1.54, 1.807) is 36.4 Å². The average molecular weight is 531 g/mol. The summed E-state index contributed by atoms with van der Waals surface area (Å²) in [5, 5.41) is 2.87. The molecule has 0 bridgehead atoms. The van der Waals surface area contributed by atoms with Crippen LogP contribution in [-0.2, 0) is 14.8 Å². The second-order valence-corrected chi connectivity index (χ2v) is 10.3. The molecule has 3 aromatic carbocycles. The van der Waals surface area contributed by atoms with E-state index in [1.807, 2.05) is 44.2 Å². The summed E-state index contributed by atoms with van der Waals surface area (Å²) in [7, 11) is -3.97. The summed E-state index contributed by atoms with van der Waals surface area (Å²) in [5.74, 6) is 0.341. The summed E-state index contributed by atoms with van der Waals surface area (Å²) < 4.78 is 34.2. The predicted octanol–water partition coefficient (Wildman–Crippen LogP) is 4.96. The number of nitrogens with zero attached hydrogens (tertiary/aromatic N) is 1.